The fraction of sp³-hybridized carbons (Fsp3) is 0.455. The normalized spacial score (nSPS) is 12.3. The number of nitrogens with two attached hydrogens (primary N) is 1. The summed E-state index contributed by atoms with van der Waals surface area (Å²) in [6, 6.07) is 7.26. The van der Waals surface area contributed by atoms with Gasteiger partial charge < -0.3 is 10.5 Å². The van der Waals surface area contributed by atoms with Crippen LogP contribution in [-0.2, 0) is 10.8 Å². The Morgan fingerprint density at radius 2 is 2.20 bits per heavy atom. The van der Waals surface area contributed by atoms with E-state index >= 15 is 0 Å². The van der Waals surface area contributed by atoms with Gasteiger partial charge in [0.15, 0.2) is 0 Å². The summed E-state index contributed by atoms with van der Waals surface area (Å²) >= 11 is 0. The average molecular weight is 227 g/mol. The summed E-state index contributed by atoms with van der Waals surface area (Å²) in [7, 11) is -0.755. The number of benzene rings is 1. The molecule has 0 saturated heterocycles. The third-order valence-corrected chi connectivity index (χ3v) is 3.36. The molecule has 0 radical (unpaired) electrons. The minimum absolute atomic E-state index is 0.482. The van der Waals surface area contributed by atoms with Gasteiger partial charge >= 0.3 is 0 Å². The summed E-state index contributed by atoms with van der Waals surface area (Å²) in [5, 5.41) is 0. The van der Waals surface area contributed by atoms with Crippen molar-refractivity contribution in [3.8, 4) is 5.75 Å². The molecule has 2 N–H and O–H groups in total. The molecule has 0 saturated carbocycles. The lowest BCUT2D eigenvalue weighted by atomic mass is 10.3. The first kappa shape index (κ1) is 12.0. The van der Waals surface area contributed by atoms with Crippen LogP contribution in [0.15, 0.2) is 24.3 Å². The summed E-state index contributed by atoms with van der Waals surface area (Å²) in [6.45, 7) is 2.51. The van der Waals surface area contributed by atoms with Gasteiger partial charge in [0, 0.05) is 28.3 Å². The van der Waals surface area contributed by atoms with Crippen molar-refractivity contribution in [2.45, 2.75) is 13.3 Å². The lowest BCUT2D eigenvalue weighted by Gasteiger charge is -2.06. The Hall–Kier alpha value is -1.03. The number of ether oxygens (including phenoxy) is 1. The highest BCUT2D eigenvalue weighted by Crippen LogP contribution is 2.14. The zero-order valence-electron chi connectivity index (χ0n) is 8.94. The largest absolute Gasteiger partial charge is 0.493 e. The van der Waals surface area contributed by atoms with Crippen LogP contribution in [0.25, 0.3) is 0 Å². The van der Waals surface area contributed by atoms with E-state index in [4.69, 9.17) is 10.5 Å². The lowest BCUT2D eigenvalue weighted by Crippen LogP contribution is -2.10. The quantitative estimate of drug-likeness (QED) is 0.754. The molecule has 1 aromatic carbocycles. The molecule has 0 aliphatic heterocycles. The highest BCUT2D eigenvalue weighted by atomic mass is 32.2. The van der Waals surface area contributed by atoms with Crippen LogP contribution in [0.1, 0.15) is 13.3 Å². The van der Waals surface area contributed by atoms with Crippen molar-refractivity contribution in [3.05, 3.63) is 24.3 Å². The molecule has 84 valence electrons. The number of rotatable bonds is 6. The SMILES string of the molecule is CCCS(=O)CCOc1cccc(N)c1. The van der Waals surface area contributed by atoms with E-state index in [9.17, 15) is 4.21 Å². The second kappa shape index (κ2) is 6.45. The Morgan fingerprint density at radius 3 is 2.87 bits per heavy atom. The average Bonchev–Trinajstić information content (AvgIpc) is 2.18. The van der Waals surface area contributed by atoms with Crippen LogP contribution in [-0.4, -0.2) is 22.3 Å². The molecule has 0 bridgehead atoms. The number of hydrogen-bond acceptors (Lipinski definition) is 3. The van der Waals surface area contributed by atoms with E-state index in [0.29, 0.717) is 18.0 Å². The third-order valence-electron chi connectivity index (χ3n) is 1.87. The zero-order valence-corrected chi connectivity index (χ0v) is 9.76. The summed E-state index contributed by atoms with van der Waals surface area (Å²) < 4.78 is 16.7. The van der Waals surface area contributed by atoms with Gasteiger partial charge in [-0.1, -0.05) is 13.0 Å². The first-order valence-corrected chi connectivity index (χ1v) is 6.54. The molecule has 0 aliphatic rings. The van der Waals surface area contributed by atoms with Gasteiger partial charge in [-0.25, -0.2) is 0 Å². The van der Waals surface area contributed by atoms with Crippen molar-refractivity contribution in [3.63, 3.8) is 0 Å². The van der Waals surface area contributed by atoms with Gasteiger partial charge in [-0.15, -0.1) is 0 Å². The maximum Gasteiger partial charge on any atom is 0.121 e. The molecule has 1 unspecified atom stereocenters. The smallest absolute Gasteiger partial charge is 0.121 e. The monoisotopic (exact) mass is 227 g/mol. The van der Waals surface area contributed by atoms with Crippen molar-refractivity contribution in [1.82, 2.24) is 0 Å². The second-order valence-electron chi connectivity index (χ2n) is 3.27. The first-order chi connectivity index (χ1) is 7.22. The predicted molar refractivity (Wildman–Crippen MR) is 64.5 cm³/mol. The molecular weight excluding hydrogens is 210 g/mol. The maximum atomic E-state index is 11.3. The molecule has 0 aliphatic carbocycles. The van der Waals surface area contributed by atoms with Gasteiger partial charge in [-0.2, -0.15) is 0 Å². The minimum Gasteiger partial charge on any atom is -0.493 e. The zero-order chi connectivity index (χ0) is 11.1. The molecule has 0 heterocycles. The highest BCUT2D eigenvalue weighted by Gasteiger charge is 1.99. The molecule has 0 amide bonds. The van der Waals surface area contributed by atoms with E-state index in [2.05, 4.69) is 0 Å². The van der Waals surface area contributed by atoms with Crippen LogP contribution in [0.2, 0.25) is 0 Å². The van der Waals surface area contributed by atoms with Crippen molar-refractivity contribution in [2.75, 3.05) is 23.8 Å². The Kier molecular flexibility index (Phi) is 5.18. The topological polar surface area (TPSA) is 52.3 Å². The van der Waals surface area contributed by atoms with E-state index in [1.807, 2.05) is 25.1 Å². The fourth-order valence-corrected chi connectivity index (χ4v) is 2.12. The fourth-order valence-electron chi connectivity index (χ4n) is 1.19. The Bertz CT molecular complexity index is 328. The van der Waals surface area contributed by atoms with Crippen LogP contribution in [0.3, 0.4) is 0 Å². The third kappa shape index (κ3) is 4.83. The molecular formula is C11H17NO2S. The molecule has 3 nitrogen and oxygen atoms in total. The Labute approximate surface area is 93.1 Å². The van der Waals surface area contributed by atoms with Crippen LogP contribution in [0.5, 0.6) is 5.75 Å². The van der Waals surface area contributed by atoms with Gasteiger partial charge in [0.05, 0.1) is 12.4 Å². The molecule has 15 heavy (non-hydrogen) atoms. The molecule has 0 aromatic heterocycles. The molecule has 1 rings (SSSR count). The maximum absolute atomic E-state index is 11.3. The van der Waals surface area contributed by atoms with Crippen molar-refractivity contribution < 1.29 is 8.95 Å². The Balaban J connectivity index is 2.28. The molecule has 0 spiro atoms. The van der Waals surface area contributed by atoms with E-state index in [1.54, 1.807) is 6.07 Å². The molecule has 1 aromatic rings. The van der Waals surface area contributed by atoms with Crippen molar-refractivity contribution in [1.29, 1.82) is 0 Å². The Morgan fingerprint density at radius 1 is 1.40 bits per heavy atom. The van der Waals surface area contributed by atoms with Crippen molar-refractivity contribution in [2.24, 2.45) is 0 Å². The second-order valence-corrected chi connectivity index (χ2v) is 4.97. The van der Waals surface area contributed by atoms with Gasteiger partial charge in [0.2, 0.25) is 0 Å². The predicted octanol–water partition coefficient (Wildman–Crippen LogP) is 1.81. The van der Waals surface area contributed by atoms with Gasteiger partial charge in [0.25, 0.3) is 0 Å². The van der Waals surface area contributed by atoms with Crippen LogP contribution < -0.4 is 10.5 Å². The highest BCUT2D eigenvalue weighted by molar-refractivity contribution is 7.84. The number of hydrogen-bond donors (Lipinski definition) is 1. The van der Waals surface area contributed by atoms with Crippen molar-refractivity contribution >= 4 is 16.5 Å². The summed E-state index contributed by atoms with van der Waals surface area (Å²) in [4.78, 5) is 0. The van der Waals surface area contributed by atoms with Crippen LogP contribution in [0, 0.1) is 0 Å². The van der Waals surface area contributed by atoms with Crippen LogP contribution >= 0.6 is 0 Å². The summed E-state index contributed by atoms with van der Waals surface area (Å²) in [5.74, 6) is 2.08. The number of anilines is 1. The van der Waals surface area contributed by atoms with Gasteiger partial charge in [-0.05, 0) is 18.6 Å². The van der Waals surface area contributed by atoms with Gasteiger partial charge in [0.1, 0.15) is 5.75 Å². The van der Waals surface area contributed by atoms with Crippen LogP contribution in [0.4, 0.5) is 5.69 Å². The lowest BCUT2D eigenvalue weighted by molar-refractivity contribution is 0.343. The molecule has 4 heteroatoms. The summed E-state index contributed by atoms with van der Waals surface area (Å²) in [5.41, 5.74) is 6.28. The standard InChI is InChI=1S/C11H17NO2S/c1-2-7-15(13)8-6-14-11-5-3-4-10(12)9-11/h3-5,9H,2,6-8,12H2,1H3. The molecule has 0 fully saturated rings. The van der Waals surface area contributed by atoms with E-state index in [1.165, 1.54) is 0 Å². The first-order valence-electron chi connectivity index (χ1n) is 5.05. The van der Waals surface area contributed by atoms with E-state index < -0.39 is 10.8 Å². The number of nitrogen functional groups attached to an aromatic ring is 1. The van der Waals surface area contributed by atoms with E-state index in [-0.39, 0.29) is 0 Å². The van der Waals surface area contributed by atoms with E-state index in [0.717, 1.165) is 17.9 Å². The van der Waals surface area contributed by atoms with Gasteiger partial charge in [-0.3, -0.25) is 4.21 Å². The summed E-state index contributed by atoms with van der Waals surface area (Å²) in [6.07, 6.45) is 0.949. The minimum atomic E-state index is -0.755. The molecule has 1 atom stereocenters.